The van der Waals surface area contributed by atoms with Gasteiger partial charge in [0.25, 0.3) is 0 Å². The van der Waals surface area contributed by atoms with Gasteiger partial charge < -0.3 is 4.84 Å². The molecule has 16 heavy (non-hydrogen) atoms. The van der Waals surface area contributed by atoms with Crippen molar-refractivity contribution in [3.63, 3.8) is 0 Å². The summed E-state index contributed by atoms with van der Waals surface area (Å²) < 4.78 is 13.1. The van der Waals surface area contributed by atoms with E-state index in [0.717, 1.165) is 18.9 Å². The van der Waals surface area contributed by atoms with Gasteiger partial charge in [0, 0.05) is 11.5 Å². The van der Waals surface area contributed by atoms with Gasteiger partial charge in [-0.25, -0.2) is 5.90 Å². The van der Waals surface area contributed by atoms with Crippen LogP contribution in [0, 0.1) is 15.9 Å². The van der Waals surface area contributed by atoms with Crippen LogP contribution < -0.4 is 5.90 Å². The van der Waals surface area contributed by atoms with E-state index in [1.807, 2.05) is 0 Å². The Morgan fingerprint density at radius 1 is 1.56 bits per heavy atom. The van der Waals surface area contributed by atoms with Gasteiger partial charge in [0.2, 0.25) is 5.82 Å². The molecular weight excluding hydrogens is 215 g/mol. The second-order valence-corrected chi connectivity index (χ2v) is 4.01. The molecule has 0 aliphatic heterocycles. The largest absolute Gasteiger partial charge is 0.305 e. The first kappa shape index (κ1) is 11.0. The van der Waals surface area contributed by atoms with Crippen molar-refractivity contribution < 1.29 is 14.2 Å². The van der Waals surface area contributed by atoms with E-state index >= 15 is 0 Å². The summed E-state index contributed by atoms with van der Waals surface area (Å²) >= 11 is 0. The molecule has 2 N–H and O–H groups in total. The summed E-state index contributed by atoms with van der Waals surface area (Å²) in [5.41, 5.74) is -0.0421. The van der Waals surface area contributed by atoms with Gasteiger partial charge in [0.1, 0.15) is 0 Å². The van der Waals surface area contributed by atoms with Gasteiger partial charge in [-0.05, 0) is 24.5 Å². The maximum atomic E-state index is 13.1. The molecule has 1 aliphatic rings. The van der Waals surface area contributed by atoms with Crippen molar-refractivity contribution in [3.05, 3.63) is 39.7 Å². The van der Waals surface area contributed by atoms with Crippen molar-refractivity contribution >= 4 is 5.69 Å². The molecule has 5 nitrogen and oxygen atoms in total. The van der Waals surface area contributed by atoms with Crippen molar-refractivity contribution in [3.8, 4) is 0 Å². The van der Waals surface area contributed by atoms with E-state index in [2.05, 4.69) is 4.84 Å². The third kappa shape index (κ3) is 1.77. The first-order chi connectivity index (χ1) is 7.59. The molecule has 0 atom stereocenters. The van der Waals surface area contributed by atoms with Crippen LogP contribution in [-0.2, 0) is 10.3 Å². The summed E-state index contributed by atoms with van der Waals surface area (Å²) in [6.45, 7) is 0.301. The summed E-state index contributed by atoms with van der Waals surface area (Å²) in [5, 5.41) is 10.6. The standard InChI is InChI=1S/C10H11FN2O3/c11-8-2-1-7(5-9(8)13(14)15)10(3-4-10)6-16-12/h1-2,5H,3-4,6,12H2. The SMILES string of the molecule is NOCC1(c2ccc(F)c([N+](=O)[O-])c2)CC1. The van der Waals surface area contributed by atoms with Crippen LogP contribution in [0.25, 0.3) is 0 Å². The van der Waals surface area contributed by atoms with Crippen LogP contribution in [0.1, 0.15) is 18.4 Å². The maximum absolute atomic E-state index is 13.1. The minimum atomic E-state index is -0.821. The average Bonchev–Trinajstić information content (AvgIpc) is 2.99. The fourth-order valence-corrected chi connectivity index (χ4v) is 1.81. The van der Waals surface area contributed by atoms with Crippen molar-refractivity contribution in [2.45, 2.75) is 18.3 Å². The zero-order valence-electron chi connectivity index (χ0n) is 8.48. The molecule has 0 aromatic heterocycles. The van der Waals surface area contributed by atoms with Gasteiger partial charge >= 0.3 is 5.69 Å². The van der Waals surface area contributed by atoms with E-state index < -0.39 is 16.4 Å². The molecule has 2 rings (SSSR count). The Morgan fingerprint density at radius 3 is 2.75 bits per heavy atom. The van der Waals surface area contributed by atoms with E-state index in [-0.39, 0.29) is 5.41 Å². The van der Waals surface area contributed by atoms with Gasteiger partial charge in [-0.15, -0.1) is 0 Å². The Kier molecular flexibility index (Phi) is 2.61. The van der Waals surface area contributed by atoms with Crippen molar-refractivity contribution in [1.82, 2.24) is 0 Å². The number of rotatable bonds is 4. The highest BCUT2D eigenvalue weighted by molar-refractivity contribution is 5.42. The summed E-state index contributed by atoms with van der Waals surface area (Å²) in [7, 11) is 0. The lowest BCUT2D eigenvalue weighted by atomic mass is 9.96. The molecule has 1 fully saturated rings. The number of halogens is 1. The molecule has 1 aromatic carbocycles. The molecule has 0 saturated heterocycles. The molecule has 0 unspecified atom stereocenters. The Bertz CT molecular complexity index is 432. The first-order valence-corrected chi connectivity index (χ1v) is 4.85. The number of nitro groups is 1. The minimum Gasteiger partial charge on any atom is -0.304 e. The number of nitrogens with two attached hydrogens (primary N) is 1. The normalized spacial score (nSPS) is 17.1. The fraction of sp³-hybridized carbons (Fsp3) is 0.400. The van der Waals surface area contributed by atoms with Crippen LogP contribution in [0.2, 0.25) is 0 Å². The Labute approximate surface area is 91.1 Å². The van der Waals surface area contributed by atoms with E-state index in [1.165, 1.54) is 6.07 Å². The fourth-order valence-electron chi connectivity index (χ4n) is 1.81. The van der Waals surface area contributed by atoms with Gasteiger partial charge in [-0.2, -0.15) is 4.39 Å². The van der Waals surface area contributed by atoms with Gasteiger partial charge in [0.05, 0.1) is 11.5 Å². The zero-order valence-corrected chi connectivity index (χ0v) is 8.48. The molecule has 0 bridgehead atoms. The number of hydrogen-bond donors (Lipinski definition) is 1. The predicted molar refractivity (Wildman–Crippen MR) is 54.1 cm³/mol. The van der Waals surface area contributed by atoms with Crippen LogP contribution in [-0.4, -0.2) is 11.5 Å². The van der Waals surface area contributed by atoms with E-state index in [0.29, 0.717) is 12.2 Å². The molecule has 6 heteroatoms. The number of benzene rings is 1. The van der Waals surface area contributed by atoms with Gasteiger partial charge in [-0.3, -0.25) is 10.1 Å². The van der Waals surface area contributed by atoms with E-state index in [1.54, 1.807) is 6.07 Å². The van der Waals surface area contributed by atoms with Crippen LogP contribution in [0.3, 0.4) is 0 Å². The van der Waals surface area contributed by atoms with Crippen molar-refractivity contribution in [2.24, 2.45) is 5.90 Å². The number of hydrogen-bond acceptors (Lipinski definition) is 4. The number of nitrogens with zero attached hydrogens (tertiary/aromatic N) is 1. The molecule has 1 aliphatic carbocycles. The van der Waals surface area contributed by atoms with Crippen molar-refractivity contribution in [2.75, 3.05) is 6.61 Å². The molecule has 1 saturated carbocycles. The van der Waals surface area contributed by atoms with Crippen LogP contribution >= 0.6 is 0 Å². The average molecular weight is 226 g/mol. The minimum absolute atomic E-state index is 0.257. The quantitative estimate of drug-likeness (QED) is 0.625. The molecule has 0 spiro atoms. The molecule has 0 amide bonds. The van der Waals surface area contributed by atoms with Crippen molar-refractivity contribution in [1.29, 1.82) is 0 Å². The summed E-state index contributed by atoms with van der Waals surface area (Å²) in [6, 6.07) is 3.93. The number of nitro benzene ring substituents is 1. The van der Waals surface area contributed by atoms with Crippen LogP contribution in [0.4, 0.5) is 10.1 Å². The predicted octanol–water partition coefficient (Wildman–Crippen LogP) is 1.66. The summed E-state index contributed by atoms with van der Waals surface area (Å²) in [4.78, 5) is 14.5. The summed E-state index contributed by atoms with van der Waals surface area (Å²) in [5.74, 6) is 4.19. The lowest BCUT2D eigenvalue weighted by Gasteiger charge is -2.13. The highest BCUT2D eigenvalue weighted by atomic mass is 19.1. The highest BCUT2D eigenvalue weighted by Gasteiger charge is 2.45. The van der Waals surface area contributed by atoms with E-state index in [4.69, 9.17) is 5.90 Å². The lowest BCUT2D eigenvalue weighted by molar-refractivity contribution is -0.387. The Morgan fingerprint density at radius 2 is 2.25 bits per heavy atom. The molecule has 0 radical (unpaired) electrons. The van der Waals surface area contributed by atoms with Crippen LogP contribution in [0.15, 0.2) is 18.2 Å². The first-order valence-electron chi connectivity index (χ1n) is 4.85. The lowest BCUT2D eigenvalue weighted by Crippen LogP contribution is -2.18. The highest BCUT2D eigenvalue weighted by Crippen LogP contribution is 2.48. The topological polar surface area (TPSA) is 78.4 Å². The van der Waals surface area contributed by atoms with Gasteiger partial charge in [-0.1, -0.05) is 6.07 Å². The monoisotopic (exact) mass is 226 g/mol. The molecule has 0 heterocycles. The Hall–Kier alpha value is -1.53. The molecular formula is C10H11FN2O3. The van der Waals surface area contributed by atoms with E-state index in [9.17, 15) is 14.5 Å². The zero-order chi connectivity index (χ0) is 11.8. The third-order valence-electron chi connectivity index (χ3n) is 2.97. The Balaban J connectivity index is 2.36. The van der Waals surface area contributed by atoms with Crippen LogP contribution in [0.5, 0.6) is 0 Å². The van der Waals surface area contributed by atoms with Gasteiger partial charge in [0.15, 0.2) is 0 Å². The third-order valence-corrected chi connectivity index (χ3v) is 2.97. The summed E-state index contributed by atoms with van der Waals surface area (Å²) in [6.07, 6.45) is 1.71. The second kappa shape index (κ2) is 3.80. The molecule has 1 aromatic rings. The smallest absolute Gasteiger partial charge is 0.304 e. The second-order valence-electron chi connectivity index (χ2n) is 4.01. The maximum Gasteiger partial charge on any atom is 0.305 e. The molecule has 86 valence electrons.